The zero-order valence-electron chi connectivity index (χ0n) is 13.1. The summed E-state index contributed by atoms with van der Waals surface area (Å²) >= 11 is 0. The number of anilines is 2. The lowest BCUT2D eigenvalue weighted by Crippen LogP contribution is -2.17. The summed E-state index contributed by atoms with van der Waals surface area (Å²) in [6.07, 6.45) is 0. The van der Waals surface area contributed by atoms with Crippen molar-refractivity contribution in [3.8, 4) is 5.69 Å². The molecule has 2 heterocycles. The van der Waals surface area contributed by atoms with Crippen LogP contribution in [0.1, 0.15) is 11.4 Å². The Balaban J connectivity index is 1.57. The number of para-hydroxylation sites is 1. The van der Waals surface area contributed by atoms with E-state index in [1.165, 1.54) is 0 Å². The zero-order chi connectivity index (χ0) is 16.1. The summed E-state index contributed by atoms with van der Waals surface area (Å²) in [4.78, 5) is 8.68. The van der Waals surface area contributed by atoms with Gasteiger partial charge in [0.05, 0.1) is 5.69 Å². The molecule has 2 aromatic heterocycles. The van der Waals surface area contributed by atoms with Crippen LogP contribution >= 0.6 is 0 Å². The number of rotatable bonds is 6. The first-order valence-corrected chi connectivity index (χ1v) is 7.36. The molecule has 0 bridgehead atoms. The summed E-state index contributed by atoms with van der Waals surface area (Å²) in [6.45, 7) is 5.20. The third-order valence-electron chi connectivity index (χ3n) is 3.14. The van der Waals surface area contributed by atoms with E-state index in [4.69, 9.17) is 0 Å². The van der Waals surface area contributed by atoms with Crippen LogP contribution in [0, 0.1) is 13.8 Å². The molecule has 0 atom stereocenters. The highest BCUT2D eigenvalue weighted by molar-refractivity contribution is 5.38. The smallest absolute Gasteiger partial charge is 0.247 e. The quantitative estimate of drug-likeness (QED) is 0.668. The predicted molar refractivity (Wildman–Crippen MR) is 87.6 cm³/mol. The Bertz CT molecular complexity index is 748. The minimum atomic E-state index is 0.597. The minimum Gasteiger partial charge on any atom is -0.352 e. The molecule has 0 unspecified atom stereocenters. The molecule has 0 radical (unpaired) electrons. The molecule has 0 aliphatic rings. The second-order valence-electron chi connectivity index (χ2n) is 5.08. The summed E-state index contributed by atoms with van der Waals surface area (Å²) in [5.41, 5.74) is 2.80. The molecule has 3 rings (SSSR count). The molecular formula is C15H18N8. The molecule has 0 amide bonds. The maximum absolute atomic E-state index is 4.34. The van der Waals surface area contributed by atoms with E-state index in [0.717, 1.165) is 17.1 Å². The third-order valence-corrected chi connectivity index (χ3v) is 3.14. The van der Waals surface area contributed by atoms with Gasteiger partial charge in [-0.2, -0.15) is 4.68 Å². The second kappa shape index (κ2) is 6.82. The highest BCUT2D eigenvalue weighted by atomic mass is 15.6. The Morgan fingerprint density at radius 2 is 1.65 bits per heavy atom. The molecule has 0 spiro atoms. The number of nitrogens with zero attached hydrogens (tertiary/aromatic N) is 6. The number of tetrazole rings is 1. The number of benzene rings is 1. The number of aryl methyl sites for hydroxylation is 2. The van der Waals surface area contributed by atoms with Crippen LogP contribution in [-0.2, 0) is 0 Å². The molecule has 0 fully saturated rings. The SMILES string of the molecule is Cc1cc(C)nc(NCCNc2nnnn2-c2ccccc2)n1. The molecule has 0 saturated heterocycles. The van der Waals surface area contributed by atoms with Crippen LogP contribution in [0.3, 0.4) is 0 Å². The summed E-state index contributed by atoms with van der Waals surface area (Å²) < 4.78 is 1.66. The van der Waals surface area contributed by atoms with Crippen molar-refractivity contribution in [3.63, 3.8) is 0 Å². The van der Waals surface area contributed by atoms with Gasteiger partial charge in [0.1, 0.15) is 0 Å². The molecule has 8 heteroatoms. The highest BCUT2D eigenvalue weighted by Crippen LogP contribution is 2.10. The van der Waals surface area contributed by atoms with Gasteiger partial charge in [0.15, 0.2) is 0 Å². The highest BCUT2D eigenvalue weighted by Gasteiger charge is 2.06. The van der Waals surface area contributed by atoms with E-state index in [9.17, 15) is 0 Å². The Hall–Kier alpha value is -3.03. The molecule has 8 nitrogen and oxygen atoms in total. The monoisotopic (exact) mass is 310 g/mol. The molecule has 3 aromatic rings. The van der Waals surface area contributed by atoms with Gasteiger partial charge in [-0.3, -0.25) is 0 Å². The lowest BCUT2D eigenvalue weighted by atomic mass is 10.3. The van der Waals surface area contributed by atoms with E-state index >= 15 is 0 Å². The van der Waals surface area contributed by atoms with Gasteiger partial charge in [0.2, 0.25) is 11.9 Å². The van der Waals surface area contributed by atoms with Gasteiger partial charge in [-0.15, -0.1) is 0 Å². The van der Waals surface area contributed by atoms with Gasteiger partial charge in [0, 0.05) is 24.5 Å². The van der Waals surface area contributed by atoms with E-state index in [2.05, 4.69) is 36.1 Å². The van der Waals surface area contributed by atoms with Gasteiger partial charge in [-0.25, -0.2) is 9.97 Å². The number of hydrogen-bond acceptors (Lipinski definition) is 7. The maximum Gasteiger partial charge on any atom is 0.247 e. The summed E-state index contributed by atoms with van der Waals surface area (Å²) in [6, 6.07) is 11.7. The molecule has 1 aromatic carbocycles. The van der Waals surface area contributed by atoms with Crippen LogP contribution in [-0.4, -0.2) is 43.3 Å². The van der Waals surface area contributed by atoms with Crippen molar-refractivity contribution in [2.75, 3.05) is 23.7 Å². The van der Waals surface area contributed by atoms with Gasteiger partial charge in [-0.1, -0.05) is 23.3 Å². The van der Waals surface area contributed by atoms with Crippen molar-refractivity contribution >= 4 is 11.9 Å². The van der Waals surface area contributed by atoms with Crippen molar-refractivity contribution in [2.24, 2.45) is 0 Å². The fourth-order valence-corrected chi connectivity index (χ4v) is 2.19. The molecule has 0 aliphatic heterocycles. The molecule has 2 N–H and O–H groups in total. The number of aromatic nitrogens is 6. The van der Waals surface area contributed by atoms with Crippen molar-refractivity contribution in [1.29, 1.82) is 0 Å². The molecule has 23 heavy (non-hydrogen) atoms. The Morgan fingerprint density at radius 3 is 2.39 bits per heavy atom. The third kappa shape index (κ3) is 3.79. The Kier molecular flexibility index (Phi) is 4.41. The fourth-order valence-electron chi connectivity index (χ4n) is 2.19. The standard InChI is InChI=1S/C15H18N8/c1-11-10-12(2)19-14(18-11)16-8-9-17-15-20-21-22-23(15)13-6-4-3-5-7-13/h3-7,10H,8-9H2,1-2H3,(H,16,18,19)(H,17,20,22). The first-order valence-electron chi connectivity index (χ1n) is 7.36. The average molecular weight is 310 g/mol. The van der Waals surface area contributed by atoms with E-state index < -0.39 is 0 Å². The van der Waals surface area contributed by atoms with Gasteiger partial charge in [-0.05, 0) is 42.5 Å². The zero-order valence-corrected chi connectivity index (χ0v) is 13.1. The van der Waals surface area contributed by atoms with Gasteiger partial charge < -0.3 is 10.6 Å². The van der Waals surface area contributed by atoms with E-state index in [0.29, 0.717) is 25.0 Å². The van der Waals surface area contributed by atoms with Crippen molar-refractivity contribution < 1.29 is 0 Å². The van der Waals surface area contributed by atoms with Crippen molar-refractivity contribution in [2.45, 2.75) is 13.8 Å². The van der Waals surface area contributed by atoms with Crippen LogP contribution < -0.4 is 10.6 Å². The first kappa shape index (κ1) is 14.9. The number of nitrogens with one attached hydrogen (secondary N) is 2. The van der Waals surface area contributed by atoms with Crippen LogP contribution in [0.15, 0.2) is 36.4 Å². The van der Waals surface area contributed by atoms with Crippen molar-refractivity contribution in [1.82, 2.24) is 30.2 Å². The molecular weight excluding hydrogens is 292 g/mol. The largest absolute Gasteiger partial charge is 0.352 e. The summed E-state index contributed by atoms with van der Waals surface area (Å²) in [5, 5.41) is 18.1. The minimum absolute atomic E-state index is 0.597. The lowest BCUT2D eigenvalue weighted by Gasteiger charge is -2.08. The van der Waals surface area contributed by atoms with Crippen LogP contribution in [0.4, 0.5) is 11.9 Å². The van der Waals surface area contributed by atoms with Crippen molar-refractivity contribution in [3.05, 3.63) is 47.8 Å². The average Bonchev–Trinajstić information content (AvgIpc) is 3.00. The first-order chi connectivity index (χ1) is 11.2. The van der Waals surface area contributed by atoms with E-state index in [1.54, 1.807) is 4.68 Å². The summed E-state index contributed by atoms with van der Waals surface area (Å²) in [7, 11) is 0. The van der Waals surface area contributed by atoms with E-state index in [1.807, 2.05) is 50.2 Å². The summed E-state index contributed by atoms with van der Waals surface area (Å²) in [5.74, 6) is 1.23. The lowest BCUT2D eigenvalue weighted by molar-refractivity contribution is 0.789. The molecule has 118 valence electrons. The fraction of sp³-hybridized carbons (Fsp3) is 0.267. The Morgan fingerprint density at radius 1 is 0.957 bits per heavy atom. The molecule has 0 saturated carbocycles. The van der Waals surface area contributed by atoms with Crippen LogP contribution in [0.25, 0.3) is 5.69 Å². The van der Waals surface area contributed by atoms with E-state index in [-0.39, 0.29) is 0 Å². The Labute approximate surface area is 134 Å². The topological polar surface area (TPSA) is 93.4 Å². The predicted octanol–water partition coefficient (Wildman–Crippen LogP) is 1.59. The molecule has 0 aliphatic carbocycles. The number of hydrogen-bond donors (Lipinski definition) is 2. The maximum atomic E-state index is 4.34. The second-order valence-corrected chi connectivity index (χ2v) is 5.08. The van der Waals surface area contributed by atoms with Gasteiger partial charge >= 0.3 is 0 Å². The normalized spacial score (nSPS) is 10.5. The van der Waals surface area contributed by atoms with Crippen LogP contribution in [0.2, 0.25) is 0 Å². The van der Waals surface area contributed by atoms with Gasteiger partial charge in [0.25, 0.3) is 0 Å². The van der Waals surface area contributed by atoms with Crippen LogP contribution in [0.5, 0.6) is 0 Å².